The molecule has 1 heterocycles. The molecule has 8 heteroatoms. The van der Waals surface area contributed by atoms with E-state index in [-0.39, 0.29) is 17.9 Å². The van der Waals surface area contributed by atoms with Crippen LogP contribution in [0.15, 0.2) is 53.3 Å². The first-order valence-corrected chi connectivity index (χ1v) is 8.64. The fourth-order valence-electron chi connectivity index (χ4n) is 2.62. The Hall–Kier alpha value is -3.19. The van der Waals surface area contributed by atoms with Crippen LogP contribution in [0.4, 0.5) is 5.69 Å². The standard InChI is InChI=1S/C19H17ClN4O3/c1-11(18(26)22-15-9-5-4-8-14(15)20)21-17(25)10-16-12-6-2-3-7-13(12)19(27)24-23-16/h2-9,11H,10H2,1H3,(H,21,25)(H,22,26)(H,24,27). The van der Waals surface area contributed by atoms with Crippen LogP contribution in [0.2, 0.25) is 5.02 Å². The number of aromatic nitrogens is 2. The molecule has 1 unspecified atom stereocenters. The van der Waals surface area contributed by atoms with E-state index in [9.17, 15) is 14.4 Å². The first-order chi connectivity index (χ1) is 13.0. The van der Waals surface area contributed by atoms with Crippen molar-refractivity contribution in [2.45, 2.75) is 19.4 Å². The molecular formula is C19H17ClN4O3. The molecule has 3 rings (SSSR count). The Labute approximate surface area is 159 Å². The van der Waals surface area contributed by atoms with Crippen LogP contribution in [0.3, 0.4) is 0 Å². The molecule has 27 heavy (non-hydrogen) atoms. The molecule has 0 aliphatic rings. The number of amides is 2. The fraction of sp³-hybridized carbons (Fsp3) is 0.158. The average molecular weight is 385 g/mol. The summed E-state index contributed by atoms with van der Waals surface area (Å²) in [5.41, 5.74) is 0.585. The molecule has 7 nitrogen and oxygen atoms in total. The molecule has 0 bridgehead atoms. The third kappa shape index (κ3) is 4.32. The largest absolute Gasteiger partial charge is 0.344 e. The van der Waals surface area contributed by atoms with Gasteiger partial charge in [0.05, 0.1) is 28.2 Å². The third-order valence-electron chi connectivity index (χ3n) is 4.01. The Balaban J connectivity index is 1.67. The van der Waals surface area contributed by atoms with E-state index in [0.717, 1.165) is 0 Å². The molecule has 0 aliphatic heterocycles. The SMILES string of the molecule is CC(NC(=O)Cc1n[nH]c(=O)c2ccccc12)C(=O)Nc1ccccc1Cl. The zero-order chi connectivity index (χ0) is 19.4. The van der Waals surface area contributed by atoms with Crippen LogP contribution >= 0.6 is 11.6 Å². The van der Waals surface area contributed by atoms with Crippen molar-refractivity contribution in [1.82, 2.24) is 15.5 Å². The van der Waals surface area contributed by atoms with Gasteiger partial charge in [0.1, 0.15) is 6.04 Å². The van der Waals surface area contributed by atoms with Crippen molar-refractivity contribution in [1.29, 1.82) is 0 Å². The van der Waals surface area contributed by atoms with Gasteiger partial charge in [0.15, 0.2) is 0 Å². The third-order valence-corrected chi connectivity index (χ3v) is 4.34. The molecule has 3 aromatic rings. The molecule has 2 amide bonds. The second-order valence-corrected chi connectivity index (χ2v) is 6.39. The highest BCUT2D eigenvalue weighted by atomic mass is 35.5. The van der Waals surface area contributed by atoms with Gasteiger partial charge in [-0.2, -0.15) is 5.10 Å². The van der Waals surface area contributed by atoms with Crippen molar-refractivity contribution in [3.63, 3.8) is 0 Å². The Kier molecular flexibility index (Phi) is 5.52. The zero-order valence-electron chi connectivity index (χ0n) is 14.5. The second-order valence-electron chi connectivity index (χ2n) is 5.98. The monoisotopic (exact) mass is 384 g/mol. The summed E-state index contributed by atoms with van der Waals surface area (Å²) >= 11 is 6.01. The van der Waals surface area contributed by atoms with Gasteiger partial charge in [0.25, 0.3) is 5.56 Å². The highest BCUT2D eigenvalue weighted by Gasteiger charge is 2.18. The molecule has 0 radical (unpaired) electrons. The van der Waals surface area contributed by atoms with Gasteiger partial charge in [0.2, 0.25) is 11.8 Å². The number of H-pyrrole nitrogens is 1. The quantitative estimate of drug-likeness (QED) is 0.627. The molecular weight excluding hydrogens is 368 g/mol. The summed E-state index contributed by atoms with van der Waals surface area (Å²) in [7, 11) is 0. The molecule has 0 aliphatic carbocycles. The summed E-state index contributed by atoms with van der Waals surface area (Å²) in [6.07, 6.45) is -0.0684. The summed E-state index contributed by atoms with van der Waals surface area (Å²) in [5, 5.41) is 13.1. The van der Waals surface area contributed by atoms with Crippen LogP contribution in [-0.2, 0) is 16.0 Å². The minimum absolute atomic E-state index is 0.0684. The van der Waals surface area contributed by atoms with Gasteiger partial charge >= 0.3 is 0 Å². The number of nitrogens with one attached hydrogen (secondary N) is 3. The number of anilines is 1. The van der Waals surface area contributed by atoms with E-state index < -0.39 is 11.9 Å². The maximum Gasteiger partial charge on any atom is 0.272 e. The minimum Gasteiger partial charge on any atom is -0.344 e. The van der Waals surface area contributed by atoms with Gasteiger partial charge in [-0.15, -0.1) is 0 Å². The van der Waals surface area contributed by atoms with Gasteiger partial charge < -0.3 is 10.6 Å². The molecule has 1 aromatic heterocycles. The van der Waals surface area contributed by atoms with Gasteiger partial charge in [-0.1, -0.05) is 41.9 Å². The highest BCUT2D eigenvalue weighted by molar-refractivity contribution is 6.33. The number of aromatic amines is 1. The van der Waals surface area contributed by atoms with E-state index in [1.165, 1.54) is 0 Å². The molecule has 0 saturated heterocycles. The lowest BCUT2D eigenvalue weighted by Crippen LogP contribution is -2.42. The van der Waals surface area contributed by atoms with Crippen molar-refractivity contribution in [2.24, 2.45) is 0 Å². The first-order valence-electron chi connectivity index (χ1n) is 8.27. The van der Waals surface area contributed by atoms with Gasteiger partial charge in [-0.05, 0) is 25.1 Å². The number of carbonyl (C=O) groups is 2. The Morgan fingerprint density at radius 1 is 1.11 bits per heavy atom. The number of hydrogen-bond acceptors (Lipinski definition) is 4. The summed E-state index contributed by atoms with van der Waals surface area (Å²) in [4.78, 5) is 36.4. The minimum atomic E-state index is -0.775. The van der Waals surface area contributed by atoms with E-state index >= 15 is 0 Å². The predicted molar refractivity (Wildman–Crippen MR) is 104 cm³/mol. The summed E-state index contributed by atoms with van der Waals surface area (Å²) in [6.45, 7) is 1.57. The van der Waals surface area contributed by atoms with Crippen LogP contribution in [0, 0.1) is 0 Å². The van der Waals surface area contributed by atoms with Gasteiger partial charge in [-0.25, -0.2) is 5.10 Å². The second kappa shape index (κ2) is 8.01. The van der Waals surface area contributed by atoms with E-state index in [0.29, 0.717) is 27.2 Å². The molecule has 3 N–H and O–H groups in total. The Morgan fingerprint density at radius 2 is 1.78 bits per heavy atom. The summed E-state index contributed by atoms with van der Waals surface area (Å²) in [5.74, 6) is -0.780. The lowest BCUT2D eigenvalue weighted by Gasteiger charge is -2.15. The average Bonchev–Trinajstić information content (AvgIpc) is 2.66. The summed E-state index contributed by atoms with van der Waals surface area (Å²) < 4.78 is 0. The van der Waals surface area contributed by atoms with E-state index in [1.54, 1.807) is 55.5 Å². The maximum absolute atomic E-state index is 12.3. The number of carbonyl (C=O) groups excluding carboxylic acids is 2. The topological polar surface area (TPSA) is 104 Å². The molecule has 0 fully saturated rings. The van der Waals surface area contributed by atoms with Crippen LogP contribution in [0.5, 0.6) is 0 Å². The van der Waals surface area contributed by atoms with Gasteiger partial charge in [-0.3, -0.25) is 14.4 Å². The van der Waals surface area contributed by atoms with E-state index in [1.807, 2.05) is 0 Å². The lowest BCUT2D eigenvalue weighted by molar-refractivity contribution is -0.125. The van der Waals surface area contributed by atoms with Crippen LogP contribution in [0.25, 0.3) is 10.8 Å². The lowest BCUT2D eigenvalue weighted by atomic mass is 10.1. The number of benzene rings is 2. The maximum atomic E-state index is 12.3. The molecule has 138 valence electrons. The number of halogens is 1. The molecule has 0 spiro atoms. The summed E-state index contributed by atoms with van der Waals surface area (Å²) in [6, 6.07) is 13.0. The van der Waals surface area contributed by atoms with Gasteiger partial charge in [0, 0.05) is 5.39 Å². The normalized spacial score (nSPS) is 11.8. The van der Waals surface area contributed by atoms with Crippen LogP contribution in [0.1, 0.15) is 12.6 Å². The number of rotatable bonds is 5. The number of nitrogens with zero attached hydrogens (tertiary/aromatic N) is 1. The van der Waals surface area contributed by atoms with Crippen LogP contribution in [-0.4, -0.2) is 28.1 Å². The predicted octanol–water partition coefficient (Wildman–Crippen LogP) is 2.26. The number of para-hydroxylation sites is 1. The zero-order valence-corrected chi connectivity index (χ0v) is 15.2. The first kappa shape index (κ1) is 18.6. The van der Waals surface area contributed by atoms with E-state index in [2.05, 4.69) is 20.8 Å². The Bertz CT molecular complexity index is 1060. The van der Waals surface area contributed by atoms with Crippen molar-refractivity contribution in [3.8, 4) is 0 Å². The highest BCUT2D eigenvalue weighted by Crippen LogP contribution is 2.20. The van der Waals surface area contributed by atoms with Crippen molar-refractivity contribution in [3.05, 3.63) is 69.6 Å². The van der Waals surface area contributed by atoms with Crippen molar-refractivity contribution >= 4 is 39.9 Å². The van der Waals surface area contributed by atoms with Crippen LogP contribution < -0.4 is 16.2 Å². The smallest absolute Gasteiger partial charge is 0.272 e. The molecule has 1 atom stereocenters. The number of fused-ring (bicyclic) bond motifs is 1. The molecule has 0 saturated carbocycles. The fourth-order valence-corrected chi connectivity index (χ4v) is 2.80. The number of hydrogen-bond donors (Lipinski definition) is 3. The molecule has 2 aromatic carbocycles. The van der Waals surface area contributed by atoms with Crippen molar-refractivity contribution in [2.75, 3.05) is 5.32 Å². The van der Waals surface area contributed by atoms with Crippen molar-refractivity contribution < 1.29 is 9.59 Å². The van der Waals surface area contributed by atoms with E-state index in [4.69, 9.17) is 11.6 Å². The Morgan fingerprint density at radius 3 is 2.52 bits per heavy atom.